The number of nitrogens with zero attached hydrogens (tertiary/aromatic N) is 1. The van der Waals surface area contributed by atoms with Crippen molar-refractivity contribution in [3.8, 4) is 10.6 Å². The third-order valence-electron chi connectivity index (χ3n) is 2.64. The molecule has 4 heteroatoms. The summed E-state index contributed by atoms with van der Waals surface area (Å²) in [6.45, 7) is 4.87. The highest BCUT2D eigenvalue weighted by Crippen LogP contribution is 2.30. The fourth-order valence-electron chi connectivity index (χ4n) is 1.77. The maximum Gasteiger partial charge on any atom is 0.123 e. The number of aryl methyl sites for hydroxylation is 2. The molecule has 1 heterocycles. The van der Waals surface area contributed by atoms with Crippen molar-refractivity contribution >= 4 is 27.3 Å². The molecule has 0 aliphatic heterocycles. The van der Waals surface area contributed by atoms with Gasteiger partial charge in [-0.3, -0.25) is 0 Å². The fraction of sp³-hybridized carbons (Fsp3) is 0.308. The summed E-state index contributed by atoms with van der Waals surface area (Å²) in [5, 5.41) is 3.17. The third kappa shape index (κ3) is 2.76. The van der Waals surface area contributed by atoms with E-state index in [1.807, 2.05) is 0 Å². The van der Waals surface area contributed by atoms with Gasteiger partial charge >= 0.3 is 0 Å². The first kappa shape index (κ1) is 12.7. The SMILES string of the molecule is Cc1cc(-c2nc(CCN)cs2)cc(C)c1Br. The number of nitrogens with two attached hydrogens (primary N) is 1. The molecular formula is C13H15BrN2S. The largest absolute Gasteiger partial charge is 0.330 e. The Bertz CT molecular complexity index is 511. The molecule has 2 N–H and O–H groups in total. The first-order chi connectivity index (χ1) is 8.11. The van der Waals surface area contributed by atoms with Gasteiger partial charge in [0.1, 0.15) is 5.01 Å². The van der Waals surface area contributed by atoms with E-state index < -0.39 is 0 Å². The van der Waals surface area contributed by atoms with Crippen molar-refractivity contribution in [3.63, 3.8) is 0 Å². The van der Waals surface area contributed by atoms with Crippen LogP contribution < -0.4 is 5.73 Å². The van der Waals surface area contributed by atoms with Gasteiger partial charge in [-0.25, -0.2) is 4.98 Å². The molecule has 0 saturated heterocycles. The lowest BCUT2D eigenvalue weighted by Gasteiger charge is -2.05. The van der Waals surface area contributed by atoms with E-state index in [2.05, 4.69) is 52.3 Å². The minimum atomic E-state index is 0.654. The minimum absolute atomic E-state index is 0.654. The fourth-order valence-corrected chi connectivity index (χ4v) is 2.84. The molecule has 0 saturated carbocycles. The normalized spacial score (nSPS) is 10.8. The molecule has 0 fully saturated rings. The van der Waals surface area contributed by atoms with Crippen LogP contribution in [0, 0.1) is 13.8 Å². The highest BCUT2D eigenvalue weighted by molar-refractivity contribution is 9.10. The monoisotopic (exact) mass is 310 g/mol. The van der Waals surface area contributed by atoms with Crippen molar-refractivity contribution < 1.29 is 0 Å². The van der Waals surface area contributed by atoms with E-state index in [1.54, 1.807) is 11.3 Å². The van der Waals surface area contributed by atoms with Crippen molar-refractivity contribution in [1.82, 2.24) is 4.98 Å². The second-order valence-electron chi connectivity index (χ2n) is 4.11. The molecular weight excluding hydrogens is 296 g/mol. The van der Waals surface area contributed by atoms with Gasteiger partial charge in [0, 0.05) is 21.8 Å². The molecule has 0 unspecified atom stereocenters. The number of rotatable bonds is 3. The van der Waals surface area contributed by atoms with Crippen LogP contribution in [-0.2, 0) is 6.42 Å². The summed E-state index contributed by atoms with van der Waals surface area (Å²) >= 11 is 5.27. The smallest absolute Gasteiger partial charge is 0.123 e. The molecule has 1 aromatic carbocycles. The zero-order valence-electron chi connectivity index (χ0n) is 9.96. The maximum atomic E-state index is 5.54. The first-order valence-corrected chi connectivity index (χ1v) is 7.20. The van der Waals surface area contributed by atoms with Crippen LogP contribution in [0.5, 0.6) is 0 Å². The Hall–Kier alpha value is -0.710. The number of thiazole rings is 1. The van der Waals surface area contributed by atoms with E-state index in [0.717, 1.165) is 17.1 Å². The predicted octanol–water partition coefficient (Wildman–Crippen LogP) is 3.69. The summed E-state index contributed by atoms with van der Waals surface area (Å²) in [5.41, 5.74) is 10.3. The molecule has 2 nitrogen and oxygen atoms in total. The molecule has 0 spiro atoms. The van der Waals surface area contributed by atoms with Gasteiger partial charge in [-0.05, 0) is 43.7 Å². The summed E-state index contributed by atoms with van der Waals surface area (Å²) in [7, 11) is 0. The standard InChI is InChI=1S/C13H15BrN2S/c1-8-5-10(6-9(2)12(8)14)13-16-11(3-4-15)7-17-13/h5-7H,3-4,15H2,1-2H3. The average molecular weight is 311 g/mol. The number of aromatic nitrogens is 1. The Morgan fingerprint density at radius 2 is 1.94 bits per heavy atom. The second-order valence-corrected chi connectivity index (χ2v) is 5.76. The van der Waals surface area contributed by atoms with Gasteiger partial charge in [0.05, 0.1) is 5.69 Å². The highest BCUT2D eigenvalue weighted by Gasteiger charge is 2.08. The molecule has 2 rings (SSSR count). The predicted molar refractivity (Wildman–Crippen MR) is 77.5 cm³/mol. The van der Waals surface area contributed by atoms with E-state index in [0.29, 0.717) is 6.54 Å². The van der Waals surface area contributed by atoms with E-state index in [-0.39, 0.29) is 0 Å². The third-order valence-corrected chi connectivity index (χ3v) is 4.83. The van der Waals surface area contributed by atoms with Crippen molar-refractivity contribution in [3.05, 3.63) is 38.8 Å². The molecule has 1 aromatic heterocycles. The second kappa shape index (κ2) is 5.29. The lowest BCUT2D eigenvalue weighted by atomic mass is 10.1. The van der Waals surface area contributed by atoms with Gasteiger partial charge in [-0.15, -0.1) is 11.3 Å². The number of benzene rings is 1. The summed E-state index contributed by atoms with van der Waals surface area (Å²) in [5.74, 6) is 0. The topological polar surface area (TPSA) is 38.9 Å². The van der Waals surface area contributed by atoms with Crippen molar-refractivity contribution in [2.45, 2.75) is 20.3 Å². The Morgan fingerprint density at radius 3 is 2.53 bits per heavy atom. The lowest BCUT2D eigenvalue weighted by Crippen LogP contribution is -2.02. The van der Waals surface area contributed by atoms with Crippen molar-refractivity contribution in [2.75, 3.05) is 6.54 Å². The van der Waals surface area contributed by atoms with Gasteiger partial charge in [0.25, 0.3) is 0 Å². The molecule has 0 bridgehead atoms. The quantitative estimate of drug-likeness (QED) is 0.939. The van der Waals surface area contributed by atoms with E-state index in [1.165, 1.54) is 21.2 Å². The zero-order chi connectivity index (χ0) is 12.4. The lowest BCUT2D eigenvalue weighted by molar-refractivity contribution is 0.936. The van der Waals surface area contributed by atoms with Gasteiger partial charge in [-0.2, -0.15) is 0 Å². The van der Waals surface area contributed by atoms with Crippen LogP contribution in [0.3, 0.4) is 0 Å². The Balaban J connectivity index is 2.39. The van der Waals surface area contributed by atoms with Gasteiger partial charge < -0.3 is 5.73 Å². The van der Waals surface area contributed by atoms with Gasteiger partial charge in [0.2, 0.25) is 0 Å². The van der Waals surface area contributed by atoms with Crippen LogP contribution in [0.2, 0.25) is 0 Å². The molecule has 0 amide bonds. The van der Waals surface area contributed by atoms with Gasteiger partial charge in [-0.1, -0.05) is 15.9 Å². The number of halogens is 1. The molecule has 0 radical (unpaired) electrons. The van der Waals surface area contributed by atoms with E-state index >= 15 is 0 Å². The highest BCUT2D eigenvalue weighted by atomic mass is 79.9. The number of hydrogen-bond acceptors (Lipinski definition) is 3. The number of hydrogen-bond donors (Lipinski definition) is 1. The summed E-state index contributed by atoms with van der Waals surface area (Å²) in [6.07, 6.45) is 0.852. The van der Waals surface area contributed by atoms with E-state index in [9.17, 15) is 0 Å². The van der Waals surface area contributed by atoms with Crippen molar-refractivity contribution in [1.29, 1.82) is 0 Å². The average Bonchev–Trinajstić information content (AvgIpc) is 2.74. The van der Waals surface area contributed by atoms with Crippen LogP contribution in [0.4, 0.5) is 0 Å². The van der Waals surface area contributed by atoms with Gasteiger partial charge in [0.15, 0.2) is 0 Å². The van der Waals surface area contributed by atoms with Crippen molar-refractivity contribution in [2.24, 2.45) is 5.73 Å². The van der Waals surface area contributed by atoms with Crippen LogP contribution in [-0.4, -0.2) is 11.5 Å². The molecule has 0 aliphatic rings. The molecule has 0 atom stereocenters. The Kier molecular flexibility index (Phi) is 3.97. The Morgan fingerprint density at radius 1 is 1.29 bits per heavy atom. The van der Waals surface area contributed by atoms with Crippen LogP contribution in [0.25, 0.3) is 10.6 Å². The molecule has 2 aromatic rings. The summed E-state index contributed by atoms with van der Waals surface area (Å²) in [6, 6.07) is 4.34. The summed E-state index contributed by atoms with van der Waals surface area (Å²) < 4.78 is 1.18. The summed E-state index contributed by atoms with van der Waals surface area (Å²) in [4.78, 5) is 4.61. The van der Waals surface area contributed by atoms with Crippen LogP contribution in [0.1, 0.15) is 16.8 Å². The molecule has 0 aliphatic carbocycles. The molecule has 17 heavy (non-hydrogen) atoms. The first-order valence-electron chi connectivity index (χ1n) is 5.53. The Labute approximate surface area is 114 Å². The minimum Gasteiger partial charge on any atom is -0.330 e. The van der Waals surface area contributed by atoms with E-state index in [4.69, 9.17) is 5.73 Å². The molecule has 90 valence electrons. The van der Waals surface area contributed by atoms with Crippen LogP contribution in [0.15, 0.2) is 22.0 Å². The zero-order valence-corrected chi connectivity index (χ0v) is 12.4. The maximum absolute atomic E-state index is 5.54. The van der Waals surface area contributed by atoms with Crippen LogP contribution >= 0.6 is 27.3 Å².